The van der Waals surface area contributed by atoms with Crippen molar-refractivity contribution in [2.75, 3.05) is 13.2 Å². The number of carbonyl (C=O) groups is 2. The molecule has 0 heterocycles. The van der Waals surface area contributed by atoms with Crippen LogP contribution in [0.25, 0.3) is 0 Å². The summed E-state index contributed by atoms with van der Waals surface area (Å²) < 4.78 is 9.84. The molecule has 1 aliphatic rings. The maximum absolute atomic E-state index is 11.8. The standard InChI is InChI=1S/C20H24N4O4/c1-4-27-16(25)7-6-14-10-19(3,9-8-17(26)28-5-2)20(12-22,13-23)18(24)15(14)11-21/h10H,4-9,24H2,1-3H3. The molecule has 2 N–H and O–H groups in total. The summed E-state index contributed by atoms with van der Waals surface area (Å²) in [6.07, 6.45) is 1.91. The van der Waals surface area contributed by atoms with E-state index in [9.17, 15) is 25.4 Å². The molecule has 0 aliphatic heterocycles. The topological polar surface area (TPSA) is 150 Å². The van der Waals surface area contributed by atoms with E-state index in [0.29, 0.717) is 5.57 Å². The van der Waals surface area contributed by atoms with Gasteiger partial charge in [-0.2, -0.15) is 15.8 Å². The molecule has 0 aromatic heterocycles. The Morgan fingerprint density at radius 3 is 2.07 bits per heavy atom. The average molecular weight is 384 g/mol. The number of allylic oxidation sites excluding steroid dienone is 4. The van der Waals surface area contributed by atoms with Crippen LogP contribution in [0, 0.1) is 44.8 Å². The first-order valence-electron chi connectivity index (χ1n) is 9.01. The predicted octanol–water partition coefficient (Wildman–Crippen LogP) is 2.39. The summed E-state index contributed by atoms with van der Waals surface area (Å²) in [7, 11) is 0. The van der Waals surface area contributed by atoms with Crippen molar-refractivity contribution in [1.29, 1.82) is 15.8 Å². The quantitative estimate of drug-likeness (QED) is 0.626. The molecule has 148 valence electrons. The van der Waals surface area contributed by atoms with Gasteiger partial charge < -0.3 is 15.2 Å². The fraction of sp³-hybridized carbons (Fsp3) is 0.550. The van der Waals surface area contributed by atoms with Gasteiger partial charge in [0.1, 0.15) is 6.07 Å². The van der Waals surface area contributed by atoms with Crippen LogP contribution in [0.2, 0.25) is 0 Å². The molecule has 0 spiro atoms. The highest BCUT2D eigenvalue weighted by molar-refractivity contribution is 5.71. The summed E-state index contributed by atoms with van der Waals surface area (Å²) in [5.41, 5.74) is 3.49. The van der Waals surface area contributed by atoms with E-state index in [1.807, 2.05) is 18.2 Å². The number of nitrogens with two attached hydrogens (primary N) is 1. The van der Waals surface area contributed by atoms with Crippen LogP contribution in [-0.4, -0.2) is 25.2 Å². The van der Waals surface area contributed by atoms with Gasteiger partial charge in [-0.25, -0.2) is 0 Å². The van der Waals surface area contributed by atoms with Crippen molar-refractivity contribution in [2.24, 2.45) is 16.6 Å². The van der Waals surface area contributed by atoms with Gasteiger partial charge in [0.05, 0.1) is 36.6 Å². The van der Waals surface area contributed by atoms with Crippen LogP contribution in [0.4, 0.5) is 0 Å². The molecule has 0 aromatic rings. The van der Waals surface area contributed by atoms with E-state index >= 15 is 0 Å². The van der Waals surface area contributed by atoms with Crippen LogP contribution in [0.5, 0.6) is 0 Å². The molecule has 8 heteroatoms. The zero-order chi connectivity index (χ0) is 21.4. The largest absolute Gasteiger partial charge is 0.466 e. The lowest BCUT2D eigenvalue weighted by Crippen LogP contribution is -2.44. The van der Waals surface area contributed by atoms with Crippen molar-refractivity contribution < 1.29 is 19.1 Å². The average Bonchev–Trinajstić information content (AvgIpc) is 2.66. The lowest BCUT2D eigenvalue weighted by molar-refractivity contribution is -0.144. The monoisotopic (exact) mass is 384 g/mol. The molecule has 0 amide bonds. The number of rotatable bonds is 8. The van der Waals surface area contributed by atoms with Crippen LogP contribution < -0.4 is 5.73 Å². The fourth-order valence-corrected chi connectivity index (χ4v) is 3.29. The Morgan fingerprint density at radius 2 is 1.61 bits per heavy atom. The molecule has 1 rings (SSSR count). The minimum Gasteiger partial charge on any atom is -0.466 e. The number of hydrogen-bond acceptors (Lipinski definition) is 8. The molecular weight excluding hydrogens is 360 g/mol. The maximum Gasteiger partial charge on any atom is 0.306 e. The summed E-state index contributed by atoms with van der Waals surface area (Å²) in [5.74, 6) is -0.881. The zero-order valence-electron chi connectivity index (χ0n) is 16.4. The van der Waals surface area contributed by atoms with Gasteiger partial charge >= 0.3 is 11.9 Å². The van der Waals surface area contributed by atoms with Gasteiger partial charge in [-0.15, -0.1) is 0 Å². The van der Waals surface area contributed by atoms with E-state index < -0.39 is 22.8 Å². The summed E-state index contributed by atoms with van der Waals surface area (Å²) in [4.78, 5) is 23.5. The van der Waals surface area contributed by atoms with Crippen molar-refractivity contribution in [1.82, 2.24) is 0 Å². The molecule has 1 aliphatic carbocycles. The number of ether oxygens (including phenoxy) is 2. The Balaban J connectivity index is 3.36. The third kappa shape index (κ3) is 4.32. The second kappa shape index (κ2) is 9.58. The third-order valence-electron chi connectivity index (χ3n) is 4.85. The first-order valence-corrected chi connectivity index (χ1v) is 9.01. The van der Waals surface area contributed by atoms with E-state index in [0.717, 1.165) is 0 Å². The van der Waals surface area contributed by atoms with Crippen LogP contribution in [0.15, 0.2) is 22.9 Å². The second-order valence-corrected chi connectivity index (χ2v) is 6.57. The smallest absolute Gasteiger partial charge is 0.306 e. The highest BCUT2D eigenvalue weighted by atomic mass is 16.5. The van der Waals surface area contributed by atoms with Gasteiger partial charge in [-0.1, -0.05) is 13.0 Å². The Kier molecular flexibility index (Phi) is 7.77. The van der Waals surface area contributed by atoms with Crippen molar-refractivity contribution in [3.05, 3.63) is 22.9 Å². The van der Waals surface area contributed by atoms with E-state index in [1.54, 1.807) is 26.8 Å². The van der Waals surface area contributed by atoms with Crippen LogP contribution in [0.3, 0.4) is 0 Å². The highest BCUT2D eigenvalue weighted by Gasteiger charge is 2.54. The lowest BCUT2D eigenvalue weighted by atomic mass is 9.57. The number of nitrogens with zero attached hydrogens (tertiary/aromatic N) is 3. The minimum absolute atomic E-state index is 0.0148. The highest BCUT2D eigenvalue weighted by Crippen LogP contribution is 2.52. The summed E-state index contributed by atoms with van der Waals surface area (Å²) in [5, 5.41) is 29.1. The van der Waals surface area contributed by atoms with Gasteiger partial charge in [0, 0.05) is 18.3 Å². The van der Waals surface area contributed by atoms with Crippen LogP contribution >= 0.6 is 0 Å². The zero-order valence-corrected chi connectivity index (χ0v) is 16.4. The molecule has 0 saturated carbocycles. The van der Waals surface area contributed by atoms with E-state index in [2.05, 4.69) is 0 Å². The van der Waals surface area contributed by atoms with Crippen LogP contribution in [0.1, 0.15) is 46.5 Å². The second-order valence-electron chi connectivity index (χ2n) is 6.57. The summed E-state index contributed by atoms with van der Waals surface area (Å²) in [6, 6.07) is 5.85. The van der Waals surface area contributed by atoms with E-state index in [-0.39, 0.29) is 50.2 Å². The van der Waals surface area contributed by atoms with Crippen molar-refractivity contribution in [3.63, 3.8) is 0 Å². The first-order chi connectivity index (χ1) is 13.2. The molecular formula is C20H24N4O4. The molecule has 1 unspecified atom stereocenters. The Hall–Kier alpha value is -3.31. The Morgan fingerprint density at radius 1 is 1.07 bits per heavy atom. The fourth-order valence-electron chi connectivity index (χ4n) is 3.29. The number of carbonyl (C=O) groups excluding carboxylic acids is 2. The molecule has 0 radical (unpaired) electrons. The minimum atomic E-state index is -1.81. The van der Waals surface area contributed by atoms with E-state index in [1.165, 1.54) is 0 Å². The molecule has 0 saturated heterocycles. The molecule has 0 aromatic carbocycles. The van der Waals surface area contributed by atoms with E-state index in [4.69, 9.17) is 15.2 Å². The van der Waals surface area contributed by atoms with Gasteiger partial charge in [-0.3, -0.25) is 9.59 Å². The van der Waals surface area contributed by atoms with Gasteiger partial charge in [0.15, 0.2) is 5.41 Å². The summed E-state index contributed by atoms with van der Waals surface area (Å²) >= 11 is 0. The lowest BCUT2D eigenvalue weighted by Gasteiger charge is -2.41. The predicted molar refractivity (Wildman–Crippen MR) is 98.4 cm³/mol. The SMILES string of the molecule is CCOC(=O)CCC1=CC(C)(CCC(=O)OCC)C(C#N)(C#N)C(N)=C1C#N. The maximum atomic E-state index is 11.8. The van der Waals surface area contributed by atoms with Crippen molar-refractivity contribution in [2.45, 2.75) is 46.5 Å². The van der Waals surface area contributed by atoms with Gasteiger partial charge in [0.2, 0.25) is 0 Å². The molecule has 1 atom stereocenters. The number of hydrogen-bond donors (Lipinski definition) is 1. The Bertz CT molecular complexity index is 809. The van der Waals surface area contributed by atoms with Gasteiger partial charge in [-0.05, 0) is 32.3 Å². The third-order valence-corrected chi connectivity index (χ3v) is 4.85. The molecule has 0 fully saturated rings. The molecule has 8 nitrogen and oxygen atoms in total. The molecule has 28 heavy (non-hydrogen) atoms. The first kappa shape index (κ1) is 22.7. The normalized spacial score (nSPS) is 20.2. The van der Waals surface area contributed by atoms with Crippen molar-refractivity contribution in [3.8, 4) is 18.2 Å². The number of nitriles is 3. The summed E-state index contributed by atoms with van der Waals surface area (Å²) in [6.45, 7) is 5.48. The van der Waals surface area contributed by atoms with Crippen molar-refractivity contribution >= 4 is 11.9 Å². The number of esters is 2. The van der Waals surface area contributed by atoms with Crippen LogP contribution in [-0.2, 0) is 19.1 Å². The Labute approximate surface area is 164 Å². The van der Waals surface area contributed by atoms with Gasteiger partial charge in [0.25, 0.3) is 0 Å². The molecule has 0 bridgehead atoms.